The number of imide groups is 1. The molecule has 2 amide bonds. The van der Waals surface area contributed by atoms with Crippen molar-refractivity contribution in [1.82, 2.24) is 4.90 Å². The third-order valence-corrected chi connectivity index (χ3v) is 3.04. The highest BCUT2D eigenvalue weighted by atomic mass is 32.2. The second-order valence-electron chi connectivity index (χ2n) is 2.57. The Labute approximate surface area is 89.2 Å². The van der Waals surface area contributed by atoms with Gasteiger partial charge in [-0.25, -0.2) is 4.90 Å². The first-order chi connectivity index (χ1) is 6.70. The largest absolute Gasteiger partial charge is 0.459 e. The molecule has 0 unspecified atom stereocenters. The number of thiocarbonyl (C=S) groups is 1. The molecule has 0 bridgehead atoms. The van der Waals surface area contributed by atoms with Gasteiger partial charge in [-0.15, -0.1) is 0 Å². The maximum absolute atomic E-state index is 11.6. The maximum atomic E-state index is 11.6. The van der Waals surface area contributed by atoms with Crippen LogP contribution in [0.1, 0.15) is 10.6 Å². The zero-order chi connectivity index (χ0) is 10.1. The molecule has 0 atom stereocenters. The lowest BCUT2D eigenvalue weighted by Crippen LogP contribution is -2.34. The Bertz CT molecular complexity index is 383. The smallest absolute Gasteiger partial charge is 0.301 e. The summed E-state index contributed by atoms with van der Waals surface area (Å²) in [6, 6.07) is 3.09. The molecule has 4 nitrogen and oxygen atoms in total. The summed E-state index contributed by atoms with van der Waals surface area (Å²) in [7, 11) is 0. The van der Waals surface area contributed by atoms with Crippen molar-refractivity contribution < 1.29 is 14.0 Å². The molecule has 2 rings (SSSR count). The van der Waals surface area contributed by atoms with E-state index in [4.69, 9.17) is 16.6 Å². The van der Waals surface area contributed by atoms with E-state index in [1.54, 1.807) is 6.07 Å². The average molecular weight is 227 g/mol. The van der Waals surface area contributed by atoms with Crippen LogP contribution in [-0.4, -0.2) is 26.8 Å². The van der Waals surface area contributed by atoms with E-state index in [2.05, 4.69) is 0 Å². The molecule has 0 aliphatic carbocycles. The van der Waals surface area contributed by atoms with Crippen LogP contribution in [0.2, 0.25) is 0 Å². The van der Waals surface area contributed by atoms with Crippen LogP contribution in [0.5, 0.6) is 0 Å². The molecule has 1 fully saturated rings. The molecule has 1 aromatic heterocycles. The van der Waals surface area contributed by atoms with Gasteiger partial charge in [0.15, 0.2) is 10.1 Å². The fourth-order valence-corrected chi connectivity index (χ4v) is 2.11. The van der Waals surface area contributed by atoms with E-state index in [9.17, 15) is 9.59 Å². The summed E-state index contributed by atoms with van der Waals surface area (Å²) >= 11 is 6.06. The number of thioether (sulfide) groups is 1. The lowest BCUT2D eigenvalue weighted by molar-refractivity contribution is -0.122. The molecular weight excluding hydrogens is 222 g/mol. The second-order valence-corrected chi connectivity index (χ2v) is 4.18. The lowest BCUT2D eigenvalue weighted by Gasteiger charge is -2.09. The van der Waals surface area contributed by atoms with E-state index in [0.717, 1.165) is 4.90 Å². The van der Waals surface area contributed by atoms with E-state index in [1.807, 2.05) is 0 Å². The van der Waals surface area contributed by atoms with Gasteiger partial charge in [-0.05, 0) is 12.1 Å². The summed E-state index contributed by atoms with van der Waals surface area (Å²) in [4.78, 5) is 23.9. The molecule has 72 valence electrons. The molecule has 1 aromatic rings. The van der Waals surface area contributed by atoms with Gasteiger partial charge < -0.3 is 4.42 Å². The van der Waals surface area contributed by atoms with Crippen LogP contribution >= 0.6 is 24.0 Å². The summed E-state index contributed by atoms with van der Waals surface area (Å²) in [6.45, 7) is 0. The predicted molar refractivity (Wildman–Crippen MR) is 54.9 cm³/mol. The Morgan fingerprint density at radius 3 is 2.93 bits per heavy atom. The summed E-state index contributed by atoms with van der Waals surface area (Å²) in [5.74, 6) is -0.426. The van der Waals surface area contributed by atoms with Crippen molar-refractivity contribution >= 4 is 40.1 Å². The number of hydrogen-bond donors (Lipinski definition) is 0. The van der Waals surface area contributed by atoms with Crippen LogP contribution in [0.15, 0.2) is 22.8 Å². The first-order valence-corrected chi connectivity index (χ1v) is 5.17. The zero-order valence-electron chi connectivity index (χ0n) is 6.93. The van der Waals surface area contributed by atoms with Crippen molar-refractivity contribution in [3.8, 4) is 0 Å². The van der Waals surface area contributed by atoms with E-state index >= 15 is 0 Å². The van der Waals surface area contributed by atoms with Gasteiger partial charge in [0, 0.05) is 0 Å². The topological polar surface area (TPSA) is 50.5 Å². The first kappa shape index (κ1) is 9.42. The number of nitrogens with zero attached hydrogens (tertiary/aromatic N) is 1. The molecule has 0 aromatic carbocycles. The summed E-state index contributed by atoms with van der Waals surface area (Å²) in [5, 5.41) is 0. The molecule has 0 spiro atoms. The highest BCUT2D eigenvalue weighted by Crippen LogP contribution is 2.21. The van der Waals surface area contributed by atoms with Crippen LogP contribution in [0.25, 0.3) is 0 Å². The SMILES string of the molecule is O=C1CSC(=S)N1C(=O)c1ccco1. The van der Waals surface area contributed by atoms with Gasteiger partial charge in [-0.2, -0.15) is 0 Å². The molecule has 6 heteroatoms. The maximum Gasteiger partial charge on any atom is 0.301 e. The number of carbonyl (C=O) groups is 2. The third kappa shape index (κ3) is 1.46. The fraction of sp³-hybridized carbons (Fsp3) is 0.125. The summed E-state index contributed by atoms with van der Waals surface area (Å²) in [6.07, 6.45) is 1.38. The van der Waals surface area contributed by atoms with Gasteiger partial charge in [0.05, 0.1) is 12.0 Å². The van der Waals surface area contributed by atoms with Gasteiger partial charge in [0.1, 0.15) is 0 Å². The highest BCUT2D eigenvalue weighted by molar-refractivity contribution is 8.24. The Morgan fingerprint density at radius 2 is 2.43 bits per heavy atom. The molecule has 1 aliphatic heterocycles. The Morgan fingerprint density at radius 1 is 1.64 bits per heavy atom. The van der Waals surface area contributed by atoms with E-state index < -0.39 is 5.91 Å². The van der Waals surface area contributed by atoms with Crippen molar-refractivity contribution in [2.24, 2.45) is 0 Å². The van der Waals surface area contributed by atoms with Crippen molar-refractivity contribution in [1.29, 1.82) is 0 Å². The van der Waals surface area contributed by atoms with Gasteiger partial charge in [0.2, 0.25) is 5.91 Å². The number of furan rings is 1. The first-order valence-electron chi connectivity index (χ1n) is 3.77. The quantitative estimate of drug-likeness (QED) is 0.534. The second kappa shape index (κ2) is 3.55. The number of rotatable bonds is 1. The van der Waals surface area contributed by atoms with Gasteiger partial charge in [-0.3, -0.25) is 9.59 Å². The summed E-state index contributed by atoms with van der Waals surface area (Å²) < 4.78 is 5.18. The van der Waals surface area contributed by atoms with E-state index in [1.165, 1.54) is 24.1 Å². The minimum atomic E-state index is -0.491. The van der Waals surface area contributed by atoms with Crippen molar-refractivity contribution in [3.05, 3.63) is 24.2 Å². The van der Waals surface area contributed by atoms with Gasteiger partial charge >= 0.3 is 5.91 Å². The normalized spacial score (nSPS) is 16.4. The monoisotopic (exact) mass is 227 g/mol. The van der Waals surface area contributed by atoms with Crippen LogP contribution in [0, 0.1) is 0 Å². The standard InChI is InChI=1S/C8H5NO3S2/c10-6-4-14-8(13)9(6)7(11)5-2-1-3-12-5/h1-3H,4H2. The molecule has 0 saturated carbocycles. The van der Waals surface area contributed by atoms with Gasteiger partial charge in [0.25, 0.3) is 0 Å². The molecule has 0 N–H and O–H groups in total. The van der Waals surface area contributed by atoms with E-state index in [0.29, 0.717) is 0 Å². The lowest BCUT2D eigenvalue weighted by atomic mass is 10.4. The summed E-state index contributed by atoms with van der Waals surface area (Å²) in [5.41, 5.74) is 0. The van der Waals surface area contributed by atoms with Crippen LogP contribution in [0.3, 0.4) is 0 Å². The van der Waals surface area contributed by atoms with E-state index in [-0.39, 0.29) is 21.7 Å². The highest BCUT2D eigenvalue weighted by Gasteiger charge is 2.34. The Hall–Kier alpha value is -1.14. The predicted octanol–water partition coefficient (Wildman–Crippen LogP) is 1.28. The molecule has 1 aliphatic rings. The molecule has 2 heterocycles. The number of carbonyl (C=O) groups excluding carboxylic acids is 2. The Balaban J connectivity index is 2.27. The zero-order valence-corrected chi connectivity index (χ0v) is 8.56. The average Bonchev–Trinajstić information content (AvgIpc) is 2.75. The van der Waals surface area contributed by atoms with Crippen molar-refractivity contribution in [2.45, 2.75) is 0 Å². The van der Waals surface area contributed by atoms with Gasteiger partial charge in [-0.1, -0.05) is 24.0 Å². The van der Waals surface area contributed by atoms with Crippen LogP contribution in [0.4, 0.5) is 0 Å². The number of hydrogen-bond acceptors (Lipinski definition) is 5. The van der Waals surface area contributed by atoms with Crippen molar-refractivity contribution in [2.75, 3.05) is 5.75 Å². The minimum absolute atomic E-state index is 0.128. The Kier molecular flexibility index (Phi) is 2.39. The van der Waals surface area contributed by atoms with Crippen molar-refractivity contribution in [3.63, 3.8) is 0 Å². The van der Waals surface area contributed by atoms with Crippen LogP contribution < -0.4 is 0 Å². The fourth-order valence-electron chi connectivity index (χ4n) is 1.06. The molecule has 1 saturated heterocycles. The molecular formula is C8H5NO3S2. The number of amides is 2. The van der Waals surface area contributed by atoms with Crippen LogP contribution in [-0.2, 0) is 4.79 Å². The molecule has 14 heavy (non-hydrogen) atoms. The molecule has 0 radical (unpaired) electrons. The third-order valence-electron chi connectivity index (χ3n) is 1.69. The minimum Gasteiger partial charge on any atom is -0.459 e.